The molecule has 3 unspecified atom stereocenters. The highest BCUT2D eigenvalue weighted by Crippen LogP contribution is 2.40. The van der Waals surface area contributed by atoms with Crippen LogP contribution in [0.5, 0.6) is 0 Å². The summed E-state index contributed by atoms with van der Waals surface area (Å²) >= 11 is 0. The molecular formula is C32H41NO3. The van der Waals surface area contributed by atoms with E-state index in [1.165, 1.54) is 35.1 Å². The standard InChI is InChI=1S/C32H41NO3/c1-32(2,3)33-19-28(26-13-12-23-10-7-11-24(23)17-26)29(20-33)30(34)15-14-25-18-31(35)36-21-27(25)16-22-8-5-4-6-9-22/h4-6,8-9,12-13,17,25,27-29H,7,10-11,14-16,18-21H2,1-3H3/t25?,27-,28?,29?/m0/s1. The largest absolute Gasteiger partial charge is 0.465 e. The van der Waals surface area contributed by atoms with E-state index in [1.807, 2.05) is 6.07 Å². The van der Waals surface area contributed by atoms with Crippen molar-refractivity contribution in [1.82, 2.24) is 4.90 Å². The summed E-state index contributed by atoms with van der Waals surface area (Å²) in [4.78, 5) is 28.4. The van der Waals surface area contributed by atoms with Gasteiger partial charge < -0.3 is 4.74 Å². The van der Waals surface area contributed by atoms with E-state index in [0.29, 0.717) is 25.2 Å². The van der Waals surface area contributed by atoms with Gasteiger partial charge in [0.1, 0.15) is 5.78 Å². The Balaban J connectivity index is 1.29. The number of likely N-dealkylation sites (tertiary alicyclic amines) is 1. The smallest absolute Gasteiger partial charge is 0.306 e. The highest BCUT2D eigenvalue weighted by atomic mass is 16.5. The number of fused-ring (bicyclic) bond motifs is 1. The number of ether oxygens (including phenoxy) is 1. The zero-order valence-corrected chi connectivity index (χ0v) is 22.2. The summed E-state index contributed by atoms with van der Waals surface area (Å²) in [6, 6.07) is 17.4. The minimum absolute atomic E-state index is 0.0202. The Kier molecular flexibility index (Phi) is 7.35. The van der Waals surface area contributed by atoms with Gasteiger partial charge in [0.25, 0.3) is 0 Å². The Bertz CT molecular complexity index is 1090. The van der Waals surface area contributed by atoms with Crippen molar-refractivity contribution < 1.29 is 14.3 Å². The van der Waals surface area contributed by atoms with Crippen LogP contribution >= 0.6 is 0 Å². The number of carbonyl (C=O) groups excluding carboxylic acids is 2. The Morgan fingerprint density at radius 2 is 1.78 bits per heavy atom. The van der Waals surface area contributed by atoms with E-state index < -0.39 is 0 Å². The molecule has 2 heterocycles. The summed E-state index contributed by atoms with van der Waals surface area (Å²) in [6.07, 6.45) is 6.24. The maximum atomic E-state index is 13.8. The lowest BCUT2D eigenvalue weighted by Crippen LogP contribution is -2.40. The molecule has 2 aromatic carbocycles. The molecule has 2 aromatic rings. The fourth-order valence-electron chi connectivity index (χ4n) is 6.61. The normalized spacial score (nSPS) is 26.6. The first-order valence-electron chi connectivity index (χ1n) is 13.9. The van der Waals surface area contributed by atoms with Crippen molar-refractivity contribution in [3.05, 3.63) is 70.8 Å². The number of ketones is 1. The fourth-order valence-corrected chi connectivity index (χ4v) is 6.61. The second-order valence-corrected chi connectivity index (χ2v) is 12.3. The predicted molar refractivity (Wildman–Crippen MR) is 143 cm³/mol. The number of carbonyl (C=O) groups is 2. The van der Waals surface area contributed by atoms with E-state index in [4.69, 9.17) is 4.74 Å². The van der Waals surface area contributed by atoms with Crippen LogP contribution in [0.25, 0.3) is 0 Å². The summed E-state index contributed by atoms with van der Waals surface area (Å²) in [5, 5.41) is 0. The van der Waals surface area contributed by atoms with Gasteiger partial charge in [0, 0.05) is 49.2 Å². The van der Waals surface area contributed by atoms with E-state index in [-0.39, 0.29) is 35.2 Å². The molecule has 0 amide bonds. The third-order valence-corrected chi connectivity index (χ3v) is 8.89. The second kappa shape index (κ2) is 10.5. The zero-order chi connectivity index (χ0) is 25.3. The number of cyclic esters (lactones) is 1. The molecular weight excluding hydrogens is 446 g/mol. The molecule has 3 aliphatic rings. The number of Topliss-reactive ketones (excluding diaryl/α,β-unsaturated/α-hetero) is 1. The van der Waals surface area contributed by atoms with Crippen LogP contribution in [0.4, 0.5) is 0 Å². The van der Waals surface area contributed by atoms with E-state index in [0.717, 1.165) is 32.4 Å². The van der Waals surface area contributed by atoms with Gasteiger partial charge in [0.15, 0.2) is 0 Å². The van der Waals surface area contributed by atoms with Crippen molar-refractivity contribution in [2.75, 3.05) is 19.7 Å². The molecule has 0 radical (unpaired) electrons. The van der Waals surface area contributed by atoms with Crippen LogP contribution < -0.4 is 0 Å². The quantitative estimate of drug-likeness (QED) is 0.466. The molecule has 192 valence electrons. The van der Waals surface area contributed by atoms with Gasteiger partial charge in [-0.25, -0.2) is 0 Å². The number of benzene rings is 2. The molecule has 0 spiro atoms. The van der Waals surface area contributed by atoms with Crippen molar-refractivity contribution in [2.45, 2.75) is 77.2 Å². The van der Waals surface area contributed by atoms with Crippen LogP contribution in [0.3, 0.4) is 0 Å². The van der Waals surface area contributed by atoms with Crippen LogP contribution in [0.1, 0.15) is 74.6 Å². The molecule has 2 saturated heterocycles. The molecule has 4 atom stereocenters. The lowest BCUT2D eigenvalue weighted by Gasteiger charge is -2.32. The molecule has 0 aromatic heterocycles. The van der Waals surface area contributed by atoms with Gasteiger partial charge in [0.2, 0.25) is 0 Å². The average molecular weight is 488 g/mol. The summed E-state index contributed by atoms with van der Waals surface area (Å²) in [5.74, 6) is 0.997. The van der Waals surface area contributed by atoms with Crippen LogP contribution in [0, 0.1) is 17.8 Å². The Morgan fingerprint density at radius 1 is 1.00 bits per heavy atom. The average Bonchev–Trinajstić information content (AvgIpc) is 3.51. The van der Waals surface area contributed by atoms with E-state index >= 15 is 0 Å². The summed E-state index contributed by atoms with van der Waals surface area (Å²) < 4.78 is 5.43. The number of nitrogens with zero attached hydrogens (tertiary/aromatic N) is 1. The van der Waals surface area contributed by atoms with Gasteiger partial charge in [0.05, 0.1) is 6.61 Å². The maximum Gasteiger partial charge on any atom is 0.306 e. The lowest BCUT2D eigenvalue weighted by atomic mass is 9.78. The van der Waals surface area contributed by atoms with E-state index in [1.54, 1.807) is 0 Å². The number of aryl methyl sites for hydroxylation is 2. The van der Waals surface area contributed by atoms with Crippen LogP contribution in [0.15, 0.2) is 48.5 Å². The van der Waals surface area contributed by atoms with Crippen molar-refractivity contribution in [1.29, 1.82) is 0 Å². The molecule has 4 heteroatoms. The third kappa shape index (κ3) is 5.59. The monoisotopic (exact) mass is 487 g/mol. The first kappa shape index (κ1) is 25.2. The van der Waals surface area contributed by atoms with E-state index in [9.17, 15) is 9.59 Å². The van der Waals surface area contributed by atoms with Gasteiger partial charge in [-0.1, -0.05) is 48.5 Å². The first-order chi connectivity index (χ1) is 17.3. The minimum Gasteiger partial charge on any atom is -0.465 e. The number of esters is 1. The molecule has 0 N–H and O–H groups in total. The predicted octanol–water partition coefficient (Wildman–Crippen LogP) is 5.76. The number of rotatable bonds is 7. The number of hydrogen-bond donors (Lipinski definition) is 0. The molecule has 0 bridgehead atoms. The van der Waals surface area contributed by atoms with Crippen molar-refractivity contribution in [2.24, 2.45) is 17.8 Å². The lowest BCUT2D eigenvalue weighted by molar-refractivity contribution is -0.153. The topological polar surface area (TPSA) is 46.6 Å². The second-order valence-electron chi connectivity index (χ2n) is 12.3. The molecule has 4 nitrogen and oxygen atoms in total. The maximum absolute atomic E-state index is 13.8. The van der Waals surface area contributed by atoms with E-state index in [2.05, 4.69) is 68.1 Å². The van der Waals surface area contributed by atoms with Crippen molar-refractivity contribution in [3.8, 4) is 0 Å². The third-order valence-electron chi connectivity index (χ3n) is 8.89. The van der Waals surface area contributed by atoms with Crippen molar-refractivity contribution in [3.63, 3.8) is 0 Å². The molecule has 1 aliphatic carbocycles. The molecule has 0 saturated carbocycles. The highest BCUT2D eigenvalue weighted by Gasteiger charge is 2.42. The van der Waals surface area contributed by atoms with Gasteiger partial charge in [-0.2, -0.15) is 0 Å². The van der Waals surface area contributed by atoms with Crippen molar-refractivity contribution >= 4 is 11.8 Å². The minimum atomic E-state index is -0.118. The SMILES string of the molecule is CC(C)(C)N1CC(C(=O)CCC2CC(=O)OC[C@@H]2Cc2ccccc2)C(c2ccc3c(c2)CCC3)C1. The van der Waals surface area contributed by atoms with Gasteiger partial charge in [-0.05, 0) is 81.0 Å². The highest BCUT2D eigenvalue weighted by molar-refractivity contribution is 5.83. The van der Waals surface area contributed by atoms with Gasteiger partial charge in [-0.15, -0.1) is 0 Å². The molecule has 2 aliphatic heterocycles. The summed E-state index contributed by atoms with van der Waals surface area (Å²) in [6.45, 7) is 8.98. The van der Waals surface area contributed by atoms with Gasteiger partial charge >= 0.3 is 5.97 Å². The van der Waals surface area contributed by atoms with Crippen LogP contribution in [-0.4, -0.2) is 41.9 Å². The molecule has 36 heavy (non-hydrogen) atoms. The fraction of sp³-hybridized carbons (Fsp3) is 0.562. The Hall–Kier alpha value is -2.46. The summed E-state index contributed by atoms with van der Waals surface area (Å²) in [5.41, 5.74) is 5.62. The Morgan fingerprint density at radius 3 is 2.56 bits per heavy atom. The van der Waals surface area contributed by atoms with Crippen LogP contribution in [0.2, 0.25) is 0 Å². The number of hydrogen-bond acceptors (Lipinski definition) is 4. The van der Waals surface area contributed by atoms with Crippen LogP contribution in [-0.2, 0) is 33.6 Å². The molecule has 2 fully saturated rings. The molecule has 5 rings (SSSR count). The Labute approximate surface area is 216 Å². The van der Waals surface area contributed by atoms with Gasteiger partial charge in [-0.3, -0.25) is 14.5 Å². The summed E-state index contributed by atoms with van der Waals surface area (Å²) in [7, 11) is 0. The first-order valence-corrected chi connectivity index (χ1v) is 13.9. The zero-order valence-electron chi connectivity index (χ0n) is 22.2.